The second-order valence-electron chi connectivity index (χ2n) is 6.73. The fraction of sp³-hybridized carbons (Fsp3) is 0.733. The molecule has 0 bridgehead atoms. The summed E-state index contributed by atoms with van der Waals surface area (Å²) in [7, 11) is -3.08. The molecule has 2 saturated heterocycles. The minimum Gasteiger partial charge on any atom is -0.371 e. The van der Waals surface area contributed by atoms with Crippen LogP contribution < -0.4 is 9.62 Å². The summed E-state index contributed by atoms with van der Waals surface area (Å²) in [5.74, 6) is 1.13. The minimum absolute atomic E-state index is 0.147. The smallest absolute Gasteiger partial charge is 0.225 e. The zero-order valence-electron chi connectivity index (χ0n) is 13.0. The lowest BCUT2D eigenvalue weighted by Crippen LogP contribution is -2.65. The SMILES string of the molecule is O=S(=O)(NCCC1CCOC12CN(c1ncccn1)C2)C1CC1. The van der Waals surface area contributed by atoms with Crippen molar-refractivity contribution in [3.05, 3.63) is 18.5 Å². The third-order valence-electron chi connectivity index (χ3n) is 5.11. The molecule has 1 aromatic rings. The number of ether oxygens (including phenoxy) is 1. The lowest BCUT2D eigenvalue weighted by atomic mass is 9.79. The summed E-state index contributed by atoms with van der Waals surface area (Å²) in [5.41, 5.74) is -0.149. The minimum atomic E-state index is -3.08. The molecule has 1 saturated carbocycles. The number of aromatic nitrogens is 2. The van der Waals surface area contributed by atoms with E-state index in [1.807, 2.05) is 0 Å². The first-order valence-electron chi connectivity index (χ1n) is 8.23. The van der Waals surface area contributed by atoms with Gasteiger partial charge in [0.25, 0.3) is 0 Å². The molecule has 2 aliphatic heterocycles. The van der Waals surface area contributed by atoms with Gasteiger partial charge in [-0.15, -0.1) is 0 Å². The van der Waals surface area contributed by atoms with Gasteiger partial charge in [0.05, 0.1) is 18.3 Å². The van der Waals surface area contributed by atoms with Gasteiger partial charge in [0.1, 0.15) is 5.60 Å². The Bertz CT molecular complexity index is 657. The maximum Gasteiger partial charge on any atom is 0.225 e. The molecule has 0 aromatic carbocycles. The van der Waals surface area contributed by atoms with E-state index in [0.717, 1.165) is 51.3 Å². The molecule has 23 heavy (non-hydrogen) atoms. The van der Waals surface area contributed by atoms with Gasteiger partial charge in [0.15, 0.2) is 0 Å². The highest BCUT2D eigenvalue weighted by Gasteiger charge is 2.53. The average Bonchev–Trinajstić information content (AvgIpc) is 3.28. The molecule has 1 unspecified atom stereocenters. The van der Waals surface area contributed by atoms with Crippen molar-refractivity contribution >= 4 is 16.0 Å². The predicted molar refractivity (Wildman–Crippen MR) is 85.6 cm³/mol. The van der Waals surface area contributed by atoms with Crippen LogP contribution in [0.4, 0.5) is 5.95 Å². The summed E-state index contributed by atoms with van der Waals surface area (Å²) >= 11 is 0. The molecule has 3 aliphatic rings. The van der Waals surface area contributed by atoms with Gasteiger partial charge in [0, 0.05) is 25.5 Å². The fourth-order valence-electron chi connectivity index (χ4n) is 3.61. The van der Waals surface area contributed by atoms with Crippen molar-refractivity contribution < 1.29 is 13.2 Å². The molecule has 1 N–H and O–H groups in total. The molecule has 7 nitrogen and oxygen atoms in total. The number of hydrogen-bond donors (Lipinski definition) is 1. The van der Waals surface area contributed by atoms with Crippen LogP contribution in [0, 0.1) is 5.92 Å². The standard InChI is InChI=1S/C15H22N4O3S/c20-23(21,13-2-3-13)18-8-4-12-5-9-22-15(12)10-19(11-15)14-16-6-1-7-17-14/h1,6-7,12-13,18H,2-5,8-11H2. The van der Waals surface area contributed by atoms with Crippen LogP contribution in [0.25, 0.3) is 0 Å². The van der Waals surface area contributed by atoms with Crippen LogP contribution >= 0.6 is 0 Å². The Balaban J connectivity index is 1.31. The van der Waals surface area contributed by atoms with E-state index in [9.17, 15) is 8.42 Å². The van der Waals surface area contributed by atoms with E-state index in [1.54, 1.807) is 18.5 Å². The molecule has 4 rings (SSSR count). The lowest BCUT2D eigenvalue weighted by molar-refractivity contribution is -0.0457. The molecule has 126 valence electrons. The molecule has 1 atom stereocenters. The summed E-state index contributed by atoms with van der Waals surface area (Å²) in [5, 5.41) is -0.147. The highest BCUT2D eigenvalue weighted by atomic mass is 32.2. The third kappa shape index (κ3) is 2.95. The number of nitrogens with zero attached hydrogens (tertiary/aromatic N) is 3. The molecule has 8 heteroatoms. The second-order valence-corrected chi connectivity index (χ2v) is 8.78. The highest BCUT2D eigenvalue weighted by Crippen LogP contribution is 2.42. The third-order valence-corrected chi connectivity index (χ3v) is 7.07. The first kappa shape index (κ1) is 15.3. The molecule has 1 aliphatic carbocycles. The van der Waals surface area contributed by atoms with Crippen molar-refractivity contribution in [2.45, 2.75) is 36.5 Å². The predicted octanol–water partition coefficient (Wildman–Crippen LogP) is 0.544. The van der Waals surface area contributed by atoms with Gasteiger partial charge in [-0.25, -0.2) is 23.1 Å². The number of anilines is 1. The molecular formula is C15H22N4O3S. The van der Waals surface area contributed by atoms with Crippen LogP contribution in [0.2, 0.25) is 0 Å². The number of nitrogens with one attached hydrogen (secondary N) is 1. The highest BCUT2D eigenvalue weighted by molar-refractivity contribution is 7.90. The van der Waals surface area contributed by atoms with E-state index < -0.39 is 10.0 Å². The van der Waals surface area contributed by atoms with Crippen LogP contribution in [-0.2, 0) is 14.8 Å². The number of hydrogen-bond acceptors (Lipinski definition) is 6. The molecule has 3 heterocycles. The normalized spacial score (nSPS) is 26.4. The van der Waals surface area contributed by atoms with Crippen molar-refractivity contribution in [3.8, 4) is 0 Å². The van der Waals surface area contributed by atoms with E-state index in [4.69, 9.17) is 4.74 Å². The fourth-order valence-corrected chi connectivity index (χ4v) is 5.00. The Hall–Kier alpha value is -1.25. The largest absolute Gasteiger partial charge is 0.371 e. The van der Waals surface area contributed by atoms with Crippen LogP contribution in [-0.4, -0.2) is 55.5 Å². The van der Waals surface area contributed by atoms with E-state index in [0.29, 0.717) is 12.5 Å². The monoisotopic (exact) mass is 338 g/mol. The summed E-state index contributed by atoms with van der Waals surface area (Å²) in [6.45, 7) is 2.84. The molecule has 0 amide bonds. The van der Waals surface area contributed by atoms with Crippen molar-refractivity contribution in [2.24, 2.45) is 5.92 Å². The maximum atomic E-state index is 11.9. The van der Waals surface area contributed by atoms with Gasteiger partial charge in [-0.05, 0) is 37.7 Å². The Morgan fingerprint density at radius 1 is 1.26 bits per heavy atom. The van der Waals surface area contributed by atoms with Crippen molar-refractivity contribution in [1.82, 2.24) is 14.7 Å². The van der Waals surface area contributed by atoms with E-state index in [-0.39, 0.29) is 10.9 Å². The van der Waals surface area contributed by atoms with Crippen LogP contribution in [0.3, 0.4) is 0 Å². The number of rotatable bonds is 6. The van der Waals surface area contributed by atoms with E-state index in [1.165, 1.54) is 0 Å². The van der Waals surface area contributed by atoms with Gasteiger partial charge in [0.2, 0.25) is 16.0 Å². The molecule has 1 spiro atoms. The summed E-state index contributed by atoms with van der Waals surface area (Å²) in [6.07, 6.45) is 6.92. The van der Waals surface area contributed by atoms with Crippen LogP contribution in [0.1, 0.15) is 25.7 Å². The lowest BCUT2D eigenvalue weighted by Gasteiger charge is -2.50. The first-order chi connectivity index (χ1) is 11.1. The Labute approximate surface area is 136 Å². The van der Waals surface area contributed by atoms with Crippen molar-refractivity contribution in [1.29, 1.82) is 0 Å². The van der Waals surface area contributed by atoms with Crippen LogP contribution in [0.5, 0.6) is 0 Å². The van der Waals surface area contributed by atoms with E-state index >= 15 is 0 Å². The quantitative estimate of drug-likeness (QED) is 0.815. The molecular weight excluding hydrogens is 316 g/mol. The molecule has 1 aromatic heterocycles. The zero-order valence-corrected chi connectivity index (χ0v) is 13.8. The van der Waals surface area contributed by atoms with Crippen molar-refractivity contribution in [3.63, 3.8) is 0 Å². The zero-order chi connectivity index (χ0) is 15.9. The summed E-state index contributed by atoms with van der Waals surface area (Å²) in [4.78, 5) is 10.7. The first-order valence-corrected chi connectivity index (χ1v) is 9.78. The molecule has 3 fully saturated rings. The van der Waals surface area contributed by atoms with Gasteiger partial charge in [-0.2, -0.15) is 0 Å². The topological polar surface area (TPSA) is 84.4 Å². The van der Waals surface area contributed by atoms with Gasteiger partial charge < -0.3 is 9.64 Å². The Morgan fingerprint density at radius 2 is 2.00 bits per heavy atom. The van der Waals surface area contributed by atoms with Gasteiger partial charge in [-0.3, -0.25) is 0 Å². The van der Waals surface area contributed by atoms with E-state index in [2.05, 4.69) is 19.6 Å². The van der Waals surface area contributed by atoms with Gasteiger partial charge in [-0.1, -0.05) is 0 Å². The van der Waals surface area contributed by atoms with Crippen LogP contribution in [0.15, 0.2) is 18.5 Å². The van der Waals surface area contributed by atoms with Gasteiger partial charge >= 0.3 is 0 Å². The summed E-state index contributed by atoms with van der Waals surface area (Å²) in [6, 6.07) is 1.81. The maximum absolute atomic E-state index is 11.9. The molecule has 0 radical (unpaired) electrons. The Morgan fingerprint density at radius 3 is 2.70 bits per heavy atom. The second kappa shape index (κ2) is 5.68. The average molecular weight is 338 g/mol. The van der Waals surface area contributed by atoms with Crippen molar-refractivity contribution in [2.75, 3.05) is 31.1 Å². The summed E-state index contributed by atoms with van der Waals surface area (Å²) < 4.78 is 32.5. The number of sulfonamides is 1. The Kier molecular flexibility index (Phi) is 3.78.